The number of hydrogen-bond acceptors (Lipinski definition) is 8. The Bertz CT molecular complexity index is 1360. The van der Waals surface area contributed by atoms with Crippen LogP contribution in [0.1, 0.15) is 290 Å². The molecule has 0 aliphatic heterocycles. The summed E-state index contributed by atoms with van der Waals surface area (Å²) in [5, 5.41) is 0. The molecule has 0 saturated heterocycles. The molecule has 0 aromatic rings. The van der Waals surface area contributed by atoms with Crippen molar-refractivity contribution in [3.63, 3.8) is 0 Å². The van der Waals surface area contributed by atoms with E-state index >= 15 is 0 Å². The van der Waals surface area contributed by atoms with E-state index in [1.165, 1.54) is 180 Å². The van der Waals surface area contributed by atoms with Crippen molar-refractivity contribution in [3.05, 3.63) is 60.8 Å². The van der Waals surface area contributed by atoms with Crippen molar-refractivity contribution in [1.82, 2.24) is 0 Å². The van der Waals surface area contributed by atoms with Crippen LogP contribution < -0.4 is 5.73 Å². The maximum atomic E-state index is 12.7. The quantitative estimate of drug-likeness (QED) is 0.0264. The molecule has 0 amide bonds. The molecule has 0 aliphatic carbocycles. The zero-order valence-corrected chi connectivity index (χ0v) is 47.8. The number of hydrogen-bond donors (Lipinski definition) is 2. The van der Waals surface area contributed by atoms with Crippen molar-refractivity contribution in [2.45, 2.75) is 296 Å². The number of nitrogens with two attached hydrogens (primary N) is 1. The molecule has 0 bridgehead atoms. The predicted molar refractivity (Wildman–Crippen MR) is 307 cm³/mol. The minimum absolute atomic E-state index is 0.0526. The fraction of sp³-hybridized carbons (Fsp3) is 0.806. The highest BCUT2D eigenvalue weighted by Gasteiger charge is 2.26. The molecule has 2 unspecified atom stereocenters. The Kier molecular flexibility index (Phi) is 56.1. The van der Waals surface area contributed by atoms with Gasteiger partial charge in [-0.2, -0.15) is 0 Å². The van der Waals surface area contributed by atoms with Gasteiger partial charge in [0.1, 0.15) is 6.61 Å². The topological polar surface area (TPSA) is 134 Å². The molecule has 0 rings (SSSR count). The number of allylic oxidation sites excluding steroid dienone is 10. The number of ether oxygens (including phenoxy) is 2. The zero-order chi connectivity index (χ0) is 52.4. The molecule has 72 heavy (non-hydrogen) atoms. The van der Waals surface area contributed by atoms with Crippen molar-refractivity contribution in [2.75, 3.05) is 26.4 Å². The summed E-state index contributed by atoms with van der Waals surface area (Å²) < 4.78 is 33.1. The van der Waals surface area contributed by atoms with Crippen molar-refractivity contribution < 1.29 is 37.6 Å². The summed E-state index contributed by atoms with van der Waals surface area (Å²) in [4.78, 5) is 35.2. The largest absolute Gasteiger partial charge is 0.472 e. The van der Waals surface area contributed by atoms with Crippen LogP contribution in [0.15, 0.2) is 60.8 Å². The molecule has 420 valence electrons. The molecule has 0 radical (unpaired) electrons. The van der Waals surface area contributed by atoms with Gasteiger partial charge in [-0.3, -0.25) is 18.6 Å². The fourth-order valence-corrected chi connectivity index (χ4v) is 9.49. The van der Waals surface area contributed by atoms with Crippen LogP contribution in [0.4, 0.5) is 0 Å². The molecule has 2 atom stereocenters. The molecule has 0 aromatic heterocycles. The van der Waals surface area contributed by atoms with E-state index < -0.39 is 26.5 Å². The van der Waals surface area contributed by atoms with E-state index in [1.807, 2.05) is 0 Å². The van der Waals surface area contributed by atoms with Crippen molar-refractivity contribution in [2.24, 2.45) is 5.73 Å². The van der Waals surface area contributed by atoms with Gasteiger partial charge in [-0.15, -0.1) is 0 Å². The van der Waals surface area contributed by atoms with Crippen LogP contribution in [-0.2, 0) is 32.7 Å². The summed E-state index contributed by atoms with van der Waals surface area (Å²) in [5.74, 6) is -0.819. The Balaban J connectivity index is 3.94. The van der Waals surface area contributed by atoms with Gasteiger partial charge in [-0.1, -0.05) is 280 Å². The second-order valence-corrected chi connectivity index (χ2v) is 21.7. The SMILES string of the molecule is CC/C=C\C/C=C\C/C=C\C/C=C\C/C=C\CCCCCCCCCCCCCC(=O)OC(COC(=O)CCCCCCCCCCCCCCCCCCCCCCCCCC)COP(=O)(O)OCCN. The lowest BCUT2D eigenvalue weighted by molar-refractivity contribution is -0.161. The average molecular weight is 1030 g/mol. The number of rotatable bonds is 57. The maximum absolute atomic E-state index is 12.7. The normalized spacial score (nSPS) is 13.4. The van der Waals surface area contributed by atoms with Crippen LogP contribution in [0.3, 0.4) is 0 Å². The van der Waals surface area contributed by atoms with Gasteiger partial charge in [-0.25, -0.2) is 4.57 Å². The van der Waals surface area contributed by atoms with E-state index in [9.17, 15) is 19.0 Å². The second kappa shape index (κ2) is 58.0. The lowest BCUT2D eigenvalue weighted by Gasteiger charge is -2.19. The van der Waals surface area contributed by atoms with Crippen molar-refractivity contribution in [1.29, 1.82) is 0 Å². The van der Waals surface area contributed by atoms with Crippen LogP contribution in [-0.4, -0.2) is 49.3 Å². The monoisotopic (exact) mass is 1030 g/mol. The number of carbonyl (C=O) groups is 2. The lowest BCUT2D eigenvalue weighted by Crippen LogP contribution is -2.29. The highest BCUT2D eigenvalue weighted by Crippen LogP contribution is 2.43. The van der Waals surface area contributed by atoms with Crippen LogP contribution in [0.2, 0.25) is 0 Å². The lowest BCUT2D eigenvalue weighted by atomic mass is 10.0. The molecule has 0 aromatic carbocycles. The Morgan fingerprint density at radius 3 is 1.14 bits per heavy atom. The van der Waals surface area contributed by atoms with Crippen molar-refractivity contribution >= 4 is 19.8 Å². The highest BCUT2D eigenvalue weighted by atomic mass is 31.2. The molecule has 10 heteroatoms. The first-order valence-corrected chi connectivity index (χ1v) is 31.8. The molecule has 9 nitrogen and oxygen atoms in total. The third kappa shape index (κ3) is 57.0. The first kappa shape index (κ1) is 69.7. The summed E-state index contributed by atoms with van der Waals surface area (Å²) in [7, 11) is -4.39. The van der Waals surface area contributed by atoms with Crippen molar-refractivity contribution in [3.8, 4) is 0 Å². The third-order valence-corrected chi connectivity index (χ3v) is 14.2. The smallest absolute Gasteiger partial charge is 0.462 e. The van der Waals surface area contributed by atoms with Gasteiger partial charge in [0, 0.05) is 19.4 Å². The highest BCUT2D eigenvalue weighted by molar-refractivity contribution is 7.47. The van der Waals surface area contributed by atoms with E-state index in [-0.39, 0.29) is 38.6 Å². The number of phosphoric ester groups is 1. The van der Waals surface area contributed by atoms with Gasteiger partial charge in [-0.05, 0) is 57.8 Å². The van der Waals surface area contributed by atoms with Gasteiger partial charge in [0.25, 0.3) is 0 Å². The van der Waals surface area contributed by atoms with Crippen LogP contribution in [0.5, 0.6) is 0 Å². The third-order valence-electron chi connectivity index (χ3n) is 13.2. The Morgan fingerprint density at radius 1 is 0.431 bits per heavy atom. The summed E-state index contributed by atoms with van der Waals surface area (Å²) in [6.45, 7) is 3.67. The van der Waals surface area contributed by atoms with Gasteiger partial charge < -0.3 is 20.1 Å². The minimum Gasteiger partial charge on any atom is -0.462 e. The first-order chi connectivity index (χ1) is 35.3. The Labute approximate surface area is 444 Å². The minimum atomic E-state index is -4.39. The molecular weight excluding hydrogens is 918 g/mol. The van der Waals surface area contributed by atoms with Crippen LogP contribution >= 0.6 is 7.82 Å². The number of esters is 2. The standard InChI is InChI=1S/C62H114NO8P/c1-3-5-7-9-11-13-15-17-19-21-23-25-27-29-30-31-33-35-37-39-41-43-45-47-49-51-53-55-62(65)71-60(59-70-72(66,67)69-57-56-63)58-68-61(64)54-52-50-48-46-44-42-40-38-36-34-32-28-26-24-22-20-18-16-14-12-10-8-6-4-2/h5,7,11,13,17,19,23,25,29-30,60H,3-4,6,8-10,12,14-16,18,20-22,24,26-28,31-59,63H2,1-2H3,(H,66,67)/b7-5-,13-11-,19-17-,25-23-,30-29-. The zero-order valence-electron chi connectivity index (χ0n) is 46.9. The van der Waals surface area contributed by atoms with E-state index in [0.29, 0.717) is 6.42 Å². The number of unbranched alkanes of at least 4 members (excludes halogenated alkanes) is 34. The molecule has 0 heterocycles. The molecule has 0 fully saturated rings. The first-order valence-electron chi connectivity index (χ1n) is 30.3. The maximum Gasteiger partial charge on any atom is 0.472 e. The summed E-state index contributed by atoms with van der Waals surface area (Å²) in [6, 6.07) is 0. The fourth-order valence-electron chi connectivity index (χ4n) is 8.72. The van der Waals surface area contributed by atoms with Gasteiger partial charge in [0.15, 0.2) is 6.10 Å². The summed E-state index contributed by atoms with van der Waals surface area (Å²) in [5.41, 5.74) is 5.39. The molecular formula is C62H114NO8P. The van der Waals surface area contributed by atoms with E-state index in [1.54, 1.807) is 0 Å². The summed E-state index contributed by atoms with van der Waals surface area (Å²) >= 11 is 0. The van der Waals surface area contributed by atoms with Gasteiger partial charge in [0.05, 0.1) is 13.2 Å². The van der Waals surface area contributed by atoms with Gasteiger partial charge in [0.2, 0.25) is 0 Å². The number of carbonyl (C=O) groups excluding carboxylic acids is 2. The molecule has 3 N–H and O–H groups in total. The predicted octanol–water partition coefficient (Wildman–Crippen LogP) is 19.1. The second-order valence-electron chi connectivity index (χ2n) is 20.2. The number of phosphoric acid groups is 1. The van der Waals surface area contributed by atoms with E-state index in [2.05, 4.69) is 74.6 Å². The molecule has 0 aliphatic rings. The molecule has 0 spiro atoms. The van der Waals surface area contributed by atoms with Crippen LogP contribution in [0.25, 0.3) is 0 Å². The van der Waals surface area contributed by atoms with Gasteiger partial charge >= 0.3 is 19.8 Å². The Morgan fingerprint density at radius 2 is 0.764 bits per heavy atom. The average Bonchev–Trinajstić information content (AvgIpc) is 3.37. The summed E-state index contributed by atoms with van der Waals surface area (Å²) in [6.07, 6.45) is 72.8. The van der Waals surface area contributed by atoms with E-state index in [4.69, 9.17) is 24.3 Å². The van der Waals surface area contributed by atoms with E-state index in [0.717, 1.165) is 77.0 Å². The Hall–Kier alpha value is -2.29. The van der Waals surface area contributed by atoms with Crippen LogP contribution in [0, 0.1) is 0 Å². The molecule has 0 saturated carbocycles.